The SMILES string of the molecule is COC(=O)C(N)CSc1nccn1C. The Balaban J connectivity index is 2.41. The third kappa shape index (κ3) is 2.74. The molecule has 1 aromatic heterocycles. The molecule has 1 aromatic rings. The molecule has 6 heteroatoms. The summed E-state index contributed by atoms with van der Waals surface area (Å²) < 4.78 is 6.38. The van der Waals surface area contributed by atoms with E-state index in [-0.39, 0.29) is 0 Å². The second kappa shape index (κ2) is 5.02. The summed E-state index contributed by atoms with van der Waals surface area (Å²) in [5.74, 6) is 0.0732. The van der Waals surface area contributed by atoms with Crippen molar-refractivity contribution >= 4 is 17.7 Å². The molecule has 0 spiro atoms. The van der Waals surface area contributed by atoms with Crippen LogP contribution in [0.5, 0.6) is 0 Å². The maximum absolute atomic E-state index is 11.0. The minimum Gasteiger partial charge on any atom is -0.468 e. The van der Waals surface area contributed by atoms with Crippen LogP contribution in [0, 0.1) is 0 Å². The topological polar surface area (TPSA) is 70.1 Å². The summed E-state index contributed by atoms with van der Waals surface area (Å²) in [7, 11) is 3.21. The summed E-state index contributed by atoms with van der Waals surface area (Å²) in [6, 6.07) is -0.596. The standard InChI is InChI=1S/C8H13N3O2S/c1-11-4-3-10-8(11)14-5-6(9)7(12)13-2/h3-4,6H,5,9H2,1-2H3. The molecule has 1 atom stereocenters. The van der Waals surface area contributed by atoms with E-state index in [0.717, 1.165) is 5.16 Å². The Morgan fingerprint density at radius 2 is 2.57 bits per heavy atom. The maximum atomic E-state index is 11.0. The summed E-state index contributed by atoms with van der Waals surface area (Å²) >= 11 is 1.43. The molecule has 0 saturated heterocycles. The highest BCUT2D eigenvalue weighted by Crippen LogP contribution is 2.14. The number of rotatable bonds is 4. The van der Waals surface area contributed by atoms with Crippen LogP contribution in [-0.2, 0) is 16.6 Å². The van der Waals surface area contributed by atoms with Crippen LogP contribution in [0.2, 0.25) is 0 Å². The van der Waals surface area contributed by atoms with Gasteiger partial charge in [-0.15, -0.1) is 0 Å². The lowest BCUT2D eigenvalue weighted by Crippen LogP contribution is -2.33. The minimum atomic E-state index is -0.596. The number of hydrogen-bond donors (Lipinski definition) is 1. The van der Waals surface area contributed by atoms with Crippen LogP contribution in [0.3, 0.4) is 0 Å². The van der Waals surface area contributed by atoms with Gasteiger partial charge in [0.15, 0.2) is 5.16 Å². The van der Waals surface area contributed by atoms with E-state index in [0.29, 0.717) is 5.75 Å². The van der Waals surface area contributed by atoms with Gasteiger partial charge in [-0.25, -0.2) is 4.98 Å². The van der Waals surface area contributed by atoms with Crippen LogP contribution in [-0.4, -0.2) is 34.4 Å². The molecular formula is C8H13N3O2S. The maximum Gasteiger partial charge on any atom is 0.323 e. The quantitative estimate of drug-likeness (QED) is 0.566. The van der Waals surface area contributed by atoms with Crippen molar-refractivity contribution in [2.45, 2.75) is 11.2 Å². The summed E-state index contributed by atoms with van der Waals surface area (Å²) in [5.41, 5.74) is 5.56. The van der Waals surface area contributed by atoms with Gasteiger partial charge in [-0.1, -0.05) is 11.8 Å². The van der Waals surface area contributed by atoms with Crippen molar-refractivity contribution in [1.82, 2.24) is 9.55 Å². The number of imidazole rings is 1. The molecule has 0 aromatic carbocycles. The number of esters is 1. The lowest BCUT2D eigenvalue weighted by atomic mass is 10.4. The Morgan fingerprint density at radius 3 is 3.07 bits per heavy atom. The molecule has 0 amide bonds. The lowest BCUT2D eigenvalue weighted by Gasteiger charge is -2.07. The van der Waals surface area contributed by atoms with E-state index in [1.165, 1.54) is 18.9 Å². The van der Waals surface area contributed by atoms with Gasteiger partial charge in [0.2, 0.25) is 0 Å². The fourth-order valence-electron chi connectivity index (χ4n) is 0.875. The number of nitrogens with zero attached hydrogens (tertiary/aromatic N) is 2. The molecule has 0 aliphatic carbocycles. The average Bonchev–Trinajstić information content (AvgIpc) is 2.59. The highest BCUT2D eigenvalue weighted by Gasteiger charge is 2.14. The van der Waals surface area contributed by atoms with E-state index in [4.69, 9.17) is 5.73 Å². The summed E-state index contributed by atoms with van der Waals surface area (Å²) in [6.45, 7) is 0. The molecule has 0 bridgehead atoms. The lowest BCUT2D eigenvalue weighted by molar-refractivity contribution is -0.141. The molecule has 0 saturated carbocycles. The van der Waals surface area contributed by atoms with Crippen LogP contribution >= 0.6 is 11.8 Å². The van der Waals surface area contributed by atoms with Gasteiger partial charge in [0.1, 0.15) is 6.04 Å². The van der Waals surface area contributed by atoms with E-state index in [9.17, 15) is 4.79 Å². The first-order valence-corrected chi connectivity index (χ1v) is 5.07. The molecule has 0 aliphatic heterocycles. The Kier molecular flexibility index (Phi) is 3.97. The number of aromatic nitrogens is 2. The molecular weight excluding hydrogens is 202 g/mol. The monoisotopic (exact) mass is 215 g/mol. The van der Waals surface area contributed by atoms with Crippen LogP contribution in [0.4, 0.5) is 0 Å². The summed E-state index contributed by atoms with van der Waals surface area (Å²) in [5, 5.41) is 0.837. The number of nitrogens with two attached hydrogens (primary N) is 1. The molecule has 14 heavy (non-hydrogen) atoms. The predicted molar refractivity (Wildman–Crippen MR) is 53.9 cm³/mol. The number of ether oxygens (including phenoxy) is 1. The van der Waals surface area contributed by atoms with Gasteiger partial charge in [-0.3, -0.25) is 4.79 Å². The van der Waals surface area contributed by atoms with Crippen molar-refractivity contribution in [3.05, 3.63) is 12.4 Å². The Labute approximate surface area is 86.6 Å². The molecule has 0 radical (unpaired) electrons. The van der Waals surface area contributed by atoms with Gasteiger partial charge in [0.05, 0.1) is 7.11 Å². The molecule has 1 heterocycles. The van der Waals surface area contributed by atoms with Gasteiger partial charge < -0.3 is 15.0 Å². The first-order valence-electron chi connectivity index (χ1n) is 4.08. The normalized spacial score (nSPS) is 12.5. The van der Waals surface area contributed by atoms with Crippen molar-refractivity contribution < 1.29 is 9.53 Å². The number of aryl methyl sites for hydroxylation is 1. The number of hydrogen-bond acceptors (Lipinski definition) is 5. The third-order valence-corrected chi connectivity index (χ3v) is 2.85. The Bertz CT molecular complexity index is 313. The average molecular weight is 215 g/mol. The zero-order chi connectivity index (χ0) is 10.6. The highest BCUT2D eigenvalue weighted by atomic mass is 32.2. The van der Waals surface area contributed by atoms with Crippen molar-refractivity contribution in [1.29, 1.82) is 0 Å². The van der Waals surface area contributed by atoms with Gasteiger partial charge >= 0.3 is 5.97 Å². The molecule has 1 unspecified atom stereocenters. The van der Waals surface area contributed by atoms with Gasteiger partial charge in [0.25, 0.3) is 0 Å². The van der Waals surface area contributed by atoms with Gasteiger partial charge in [-0.2, -0.15) is 0 Å². The van der Waals surface area contributed by atoms with Crippen LogP contribution < -0.4 is 5.73 Å². The van der Waals surface area contributed by atoms with Crippen LogP contribution in [0.1, 0.15) is 0 Å². The van der Waals surface area contributed by atoms with Crippen molar-refractivity contribution in [3.63, 3.8) is 0 Å². The predicted octanol–water partition coefficient (Wildman–Crippen LogP) is 0.0125. The van der Waals surface area contributed by atoms with E-state index in [2.05, 4.69) is 9.72 Å². The van der Waals surface area contributed by atoms with Crippen molar-refractivity contribution in [3.8, 4) is 0 Å². The molecule has 0 aliphatic rings. The first kappa shape index (κ1) is 11.1. The Morgan fingerprint density at radius 1 is 1.86 bits per heavy atom. The fourth-order valence-corrected chi connectivity index (χ4v) is 1.74. The van der Waals surface area contributed by atoms with Crippen molar-refractivity contribution in [2.24, 2.45) is 12.8 Å². The van der Waals surface area contributed by atoms with E-state index < -0.39 is 12.0 Å². The smallest absolute Gasteiger partial charge is 0.323 e. The highest BCUT2D eigenvalue weighted by molar-refractivity contribution is 7.99. The number of thioether (sulfide) groups is 1. The number of carbonyl (C=O) groups excluding carboxylic acids is 1. The second-order valence-corrected chi connectivity index (χ2v) is 3.75. The number of methoxy groups -OCH3 is 1. The summed E-state index contributed by atoms with van der Waals surface area (Å²) in [4.78, 5) is 15.1. The molecule has 2 N–H and O–H groups in total. The van der Waals surface area contributed by atoms with Gasteiger partial charge in [-0.05, 0) is 0 Å². The van der Waals surface area contributed by atoms with E-state index >= 15 is 0 Å². The van der Waals surface area contributed by atoms with E-state index in [1.807, 2.05) is 17.8 Å². The minimum absolute atomic E-state index is 0.397. The van der Waals surface area contributed by atoms with Crippen LogP contribution in [0.15, 0.2) is 17.6 Å². The zero-order valence-electron chi connectivity index (χ0n) is 8.14. The third-order valence-electron chi connectivity index (χ3n) is 1.67. The fraction of sp³-hybridized carbons (Fsp3) is 0.500. The van der Waals surface area contributed by atoms with Crippen LogP contribution in [0.25, 0.3) is 0 Å². The molecule has 1 rings (SSSR count). The zero-order valence-corrected chi connectivity index (χ0v) is 8.95. The largest absolute Gasteiger partial charge is 0.468 e. The molecule has 78 valence electrons. The molecule has 0 fully saturated rings. The van der Waals surface area contributed by atoms with Crippen molar-refractivity contribution in [2.75, 3.05) is 12.9 Å². The Hall–Kier alpha value is -1.01. The van der Waals surface area contributed by atoms with Gasteiger partial charge in [0, 0.05) is 25.2 Å². The second-order valence-electron chi connectivity index (χ2n) is 2.76. The first-order chi connectivity index (χ1) is 6.65. The summed E-state index contributed by atoms with van der Waals surface area (Å²) in [6.07, 6.45) is 3.54. The number of carbonyl (C=O) groups is 1. The van der Waals surface area contributed by atoms with E-state index in [1.54, 1.807) is 6.20 Å². The molecule has 5 nitrogen and oxygen atoms in total.